The average molecular weight is 199 g/mol. The Hall–Kier alpha value is -0.770. The van der Waals surface area contributed by atoms with Crippen molar-refractivity contribution in [2.45, 2.75) is 39.3 Å². The van der Waals surface area contributed by atoms with Crippen LogP contribution in [0.2, 0.25) is 0 Å². The molecule has 0 aromatic heterocycles. The van der Waals surface area contributed by atoms with Gasteiger partial charge in [0.2, 0.25) is 0 Å². The first kappa shape index (κ1) is 11.3. The molecule has 14 heavy (non-hydrogen) atoms. The van der Waals surface area contributed by atoms with Crippen LogP contribution in [-0.2, 0) is 0 Å². The fraction of sp³-hybridized carbons (Fsp3) is 0.900. The number of likely N-dealkylation sites (tertiary alicyclic amines) is 1. The number of carbonyl (C=O) groups excluding carboxylic acids is 1. The largest absolute Gasteiger partial charge is 0.338 e. The zero-order valence-corrected chi connectivity index (χ0v) is 9.55. The Morgan fingerprint density at radius 2 is 2.00 bits per heavy atom. The van der Waals surface area contributed by atoms with Gasteiger partial charge in [-0.15, -0.1) is 0 Å². The molecule has 82 valence electrons. The van der Waals surface area contributed by atoms with Crippen molar-refractivity contribution in [2.75, 3.05) is 19.6 Å². The smallest absolute Gasteiger partial charge is 0.315 e. The second kappa shape index (κ2) is 4.17. The molecule has 0 aromatic carbocycles. The van der Waals surface area contributed by atoms with Crippen LogP contribution in [-0.4, -0.2) is 42.1 Å². The molecule has 0 atom stereocenters. The molecule has 2 N–H and O–H groups in total. The molecule has 1 rings (SSSR count). The zero-order chi connectivity index (χ0) is 10.8. The molecule has 1 saturated heterocycles. The van der Waals surface area contributed by atoms with Gasteiger partial charge in [-0.05, 0) is 27.7 Å². The van der Waals surface area contributed by atoms with E-state index in [4.69, 9.17) is 0 Å². The Labute approximate surface area is 86.0 Å². The summed E-state index contributed by atoms with van der Waals surface area (Å²) in [6.45, 7) is 11.1. The van der Waals surface area contributed by atoms with Crippen molar-refractivity contribution in [3.63, 3.8) is 0 Å². The summed E-state index contributed by atoms with van der Waals surface area (Å²) in [4.78, 5) is 13.5. The number of rotatable bonds is 2. The molecule has 0 spiro atoms. The third-order valence-electron chi connectivity index (χ3n) is 2.50. The molecule has 1 fully saturated rings. The molecule has 1 aliphatic heterocycles. The lowest BCUT2D eigenvalue weighted by molar-refractivity contribution is 0.0390. The highest BCUT2D eigenvalue weighted by Gasteiger charge is 2.34. The van der Waals surface area contributed by atoms with E-state index in [-0.39, 0.29) is 11.6 Å². The molecule has 4 heteroatoms. The normalized spacial score (nSPS) is 18.9. The molecule has 4 nitrogen and oxygen atoms in total. The summed E-state index contributed by atoms with van der Waals surface area (Å²) in [5.41, 5.74) is 0.222. The van der Waals surface area contributed by atoms with Gasteiger partial charge < -0.3 is 10.6 Å². The highest BCUT2D eigenvalue weighted by Crippen LogP contribution is 2.20. The van der Waals surface area contributed by atoms with Crippen LogP contribution in [0.3, 0.4) is 0 Å². The topological polar surface area (TPSA) is 44.4 Å². The summed E-state index contributed by atoms with van der Waals surface area (Å²) < 4.78 is 0. The fourth-order valence-corrected chi connectivity index (χ4v) is 1.51. The van der Waals surface area contributed by atoms with Gasteiger partial charge in [-0.3, -0.25) is 4.90 Å². The lowest BCUT2D eigenvalue weighted by atomic mass is 9.98. The SMILES string of the molecule is CCNC(=O)NC1CN(C(C)(C)C)C1. The van der Waals surface area contributed by atoms with Gasteiger partial charge in [-0.1, -0.05) is 0 Å². The van der Waals surface area contributed by atoms with E-state index in [1.807, 2.05) is 6.92 Å². The Kier molecular flexibility index (Phi) is 3.37. The maximum atomic E-state index is 11.2. The van der Waals surface area contributed by atoms with Gasteiger partial charge in [-0.2, -0.15) is 0 Å². The Morgan fingerprint density at radius 1 is 1.43 bits per heavy atom. The molecule has 0 aliphatic carbocycles. The molecule has 0 aromatic rings. The number of urea groups is 1. The monoisotopic (exact) mass is 199 g/mol. The van der Waals surface area contributed by atoms with Crippen LogP contribution in [0.5, 0.6) is 0 Å². The van der Waals surface area contributed by atoms with E-state index in [1.54, 1.807) is 0 Å². The van der Waals surface area contributed by atoms with Gasteiger partial charge in [0.15, 0.2) is 0 Å². The van der Waals surface area contributed by atoms with Crippen molar-refractivity contribution >= 4 is 6.03 Å². The predicted octanol–water partition coefficient (Wildman–Crippen LogP) is 0.788. The van der Waals surface area contributed by atoms with Gasteiger partial charge in [0.25, 0.3) is 0 Å². The highest BCUT2D eigenvalue weighted by molar-refractivity contribution is 5.74. The van der Waals surface area contributed by atoms with Crippen LogP contribution >= 0.6 is 0 Å². The molecular formula is C10H21N3O. The van der Waals surface area contributed by atoms with E-state index in [0.29, 0.717) is 12.6 Å². The number of nitrogens with one attached hydrogen (secondary N) is 2. The zero-order valence-electron chi connectivity index (χ0n) is 9.55. The summed E-state index contributed by atoms with van der Waals surface area (Å²) in [5, 5.41) is 5.66. The minimum atomic E-state index is -0.0499. The van der Waals surface area contributed by atoms with Crippen molar-refractivity contribution in [3.8, 4) is 0 Å². The number of hydrogen-bond donors (Lipinski definition) is 2. The van der Waals surface area contributed by atoms with Crippen molar-refractivity contribution < 1.29 is 4.79 Å². The second-order valence-electron chi connectivity index (χ2n) is 4.78. The predicted molar refractivity (Wildman–Crippen MR) is 57.3 cm³/mol. The first-order valence-electron chi connectivity index (χ1n) is 5.23. The summed E-state index contributed by atoms with van der Waals surface area (Å²) >= 11 is 0. The Morgan fingerprint density at radius 3 is 2.43 bits per heavy atom. The van der Waals surface area contributed by atoms with Crippen molar-refractivity contribution in [3.05, 3.63) is 0 Å². The van der Waals surface area contributed by atoms with Crippen LogP contribution in [0.1, 0.15) is 27.7 Å². The molecule has 0 bridgehead atoms. The third-order valence-corrected chi connectivity index (χ3v) is 2.50. The van der Waals surface area contributed by atoms with Crippen LogP contribution in [0.25, 0.3) is 0 Å². The van der Waals surface area contributed by atoms with Gasteiger partial charge in [0.1, 0.15) is 0 Å². The van der Waals surface area contributed by atoms with Crippen molar-refractivity contribution in [1.29, 1.82) is 0 Å². The van der Waals surface area contributed by atoms with Gasteiger partial charge in [0, 0.05) is 25.2 Å². The standard InChI is InChI=1S/C10H21N3O/c1-5-11-9(14)12-8-6-13(7-8)10(2,3)4/h8H,5-7H2,1-4H3,(H2,11,12,14). The number of hydrogen-bond acceptors (Lipinski definition) is 2. The molecule has 0 saturated carbocycles. The Bertz CT molecular complexity index is 204. The molecule has 2 amide bonds. The lowest BCUT2D eigenvalue weighted by Crippen LogP contribution is -2.65. The summed E-state index contributed by atoms with van der Waals surface area (Å²) in [7, 11) is 0. The van der Waals surface area contributed by atoms with Crippen LogP contribution in [0.15, 0.2) is 0 Å². The minimum absolute atomic E-state index is 0.0499. The summed E-state index contributed by atoms with van der Waals surface area (Å²) in [6, 6.07) is 0.270. The quantitative estimate of drug-likeness (QED) is 0.690. The molecule has 0 unspecified atom stereocenters. The Balaban J connectivity index is 2.19. The number of amides is 2. The summed E-state index contributed by atoms with van der Waals surface area (Å²) in [5.74, 6) is 0. The molecule has 0 radical (unpaired) electrons. The van der Waals surface area contributed by atoms with Crippen LogP contribution in [0.4, 0.5) is 4.79 Å². The van der Waals surface area contributed by atoms with E-state index in [9.17, 15) is 4.79 Å². The molecule has 1 aliphatic rings. The number of nitrogens with zero attached hydrogens (tertiary/aromatic N) is 1. The van der Waals surface area contributed by atoms with E-state index in [2.05, 4.69) is 36.3 Å². The second-order valence-corrected chi connectivity index (χ2v) is 4.78. The average Bonchev–Trinajstić information content (AvgIpc) is 1.94. The first-order valence-corrected chi connectivity index (χ1v) is 5.23. The molecule has 1 heterocycles. The first-order chi connectivity index (χ1) is 6.43. The van der Waals surface area contributed by atoms with Crippen LogP contribution < -0.4 is 10.6 Å². The van der Waals surface area contributed by atoms with Crippen molar-refractivity contribution in [2.24, 2.45) is 0 Å². The van der Waals surface area contributed by atoms with Gasteiger partial charge >= 0.3 is 6.03 Å². The van der Waals surface area contributed by atoms with Crippen molar-refractivity contribution in [1.82, 2.24) is 15.5 Å². The van der Waals surface area contributed by atoms with Gasteiger partial charge in [0.05, 0.1) is 6.04 Å². The third kappa shape index (κ3) is 2.87. The maximum absolute atomic E-state index is 11.2. The lowest BCUT2D eigenvalue weighted by Gasteiger charge is -2.47. The summed E-state index contributed by atoms with van der Waals surface area (Å²) in [6.07, 6.45) is 0. The van der Waals surface area contributed by atoms with E-state index in [1.165, 1.54) is 0 Å². The van der Waals surface area contributed by atoms with E-state index in [0.717, 1.165) is 13.1 Å². The minimum Gasteiger partial charge on any atom is -0.338 e. The van der Waals surface area contributed by atoms with Gasteiger partial charge in [-0.25, -0.2) is 4.79 Å². The fourth-order valence-electron chi connectivity index (χ4n) is 1.51. The molecular weight excluding hydrogens is 178 g/mol. The van der Waals surface area contributed by atoms with Crippen LogP contribution in [0, 0.1) is 0 Å². The van der Waals surface area contributed by atoms with E-state index >= 15 is 0 Å². The highest BCUT2D eigenvalue weighted by atomic mass is 16.2. The maximum Gasteiger partial charge on any atom is 0.315 e. The van der Waals surface area contributed by atoms with E-state index < -0.39 is 0 Å². The number of carbonyl (C=O) groups is 1.